The Hall–Kier alpha value is -1.86. The lowest BCUT2D eigenvalue weighted by Crippen LogP contribution is -2.28. The van der Waals surface area contributed by atoms with Crippen LogP contribution in [0.15, 0.2) is 34.2 Å². The van der Waals surface area contributed by atoms with Gasteiger partial charge in [-0.05, 0) is 46.2 Å². The molecular weight excluding hydrogens is 350 g/mol. The first-order valence-electron chi connectivity index (χ1n) is 8.92. The van der Waals surface area contributed by atoms with Gasteiger partial charge in [-0.1, -0.05) is 23.9 Å². The Bertz CT molecular complexity index is 802. The molecule has 26 heavy (non-hydrogen) atoms. The molecule has 0 fully saturated rings. The average molecular weight is 378 g/mol. The second kappa shape index (κ2) is 9.73. The number of benzene rings is 1. The maximum atomic E-state index is 12.7. The molecule has 1 aromatic carbocycles. The number of carbonyl (C=O) groups excluding carboxylic acids is 1. The molecule has 1 amide bonds. The second-order valence-electron chi connectivity index (χ2n) is 6.59. The second-order valence-corrected chi connectivity index (χ2v) is 7.53. The number of para-hydroxylation sites is 1. The van der Waals surface area contributed by atoms with Gasteiger partial charge in [-0.2, -0.15) is 0 Å². The van der Waals surface area contributed by atoms with Crippen LogP contribution in [0.25, 0.3) is 10.9 Å². The summed E-state index contributed by atoms with van der Waals surface area (Å²) in [5, 5.41) is 4.04. The Morgan fingerprint density at radius 1 is 1.27 bits per heavy atom. The molecule has 142 valence electrons. The average Bonchev–Trinajstić information content (AvgIpc) is 2.59. The lowest BCUT2D eigenvalue weighted by molar-refractivity contribution is -0.118. The number of fused-ring (bicyclic) bond motifs is 1. The normalized spacial score (nSPS) is 11.5. The molecule has 0 spiro atoms. The standard InChI is InChI=1S/C19H27N3O3S/c1-13(2)22-18(24)15-8-5-6-9-16(15)21-19(22)26-12-17(23)20-10-7-11-25-14(3)4/h5-6,8-9,13-14H,7,10-12H2,1-4H3,(H,20,23). The third kappa shape index (κ3) is 5.57. The number of amides is 1. The zero-order chi connectivity index (χ0) is 19.1. The number of rotatable bonds is 9. The van der Waals surface area contributed by atoms with E-state index in [1.54, 1.807) is 10.6 Å². The summed E-state index contributed by atoms with van der Waals surface area (Å²) in [6.07, 6.45) is 0.979. The van der Waals surface area contributed by atoms with Gasteiger partial charge in [0.15, 0.2) is 5.16 Å². The molecule has 7 heteroatoms. The molecule has 2 rings (SSSR count). The summed E-state index contributed by atoms with van der Waals surface area (Å²) in [5.74, 6) is 0.153. The van der Waals surface area contributed by atoms with Crippen LogP contribution in [0.1, 0.15) is 40.2 Å². The lowest BCUT2D eigenvalue weighted by atomic mass is 10.2. The van der Waals surface area contributed by atoms with Gasteiger partial charge in [-0.25, -0.2) is 4.98 Å². The number of carbonyl (C=O) groups is 1. The van der Waals surface area contributed by atoms with Crippen molar-refractivity contribution in [3.05, 3.63) is 34.6 Å². The molecule has 0 aliphatic heterocycles. The van der Waals surface area contributed by atoms with Crippen LogP contribution in [-0.4, -0.2) is 40.5 Å². The number of hydrogen-bond acceptors (Lipinski definition) is 5. The van der Waals surface area contributed by atoms with Crippen LogP contribution in [0.2, 0.25) is 0 Å². The first kappa shape index (κ1) is 20.5. The zero-order valence-corrected chi connectivity index (χ0v) is 16.6. The molecule has 1 aromatic heterocycles. The Labute approximate surface area is 158 Å². The highest BCUT2D eigenvalue weighted by Crippen LogP contribution is 2.20. The fourth-order valence-corrected chi connectivity index (χ4v) is 3.44. The summed E-state index contributed by atoms with van der Waals surface area (Å²) in [7, 11) is 0. The van der Waals surface area contributed by atoms with E-state index in [-0.39, 0.29) is 29.4 Å². The van der Waals surface area contributed by atoms with Gasteiger partial charge >= 0.3 is 0 Å². The van der Waals surface area contributed by atoms with Crippen molar-refractivity contribution in [3.8, 4) is 0 Å². The number of ether oxygens (including phenoxy) is 1. The molecule has 1 N–H and O–H groups in total. The smallest absolute Gasteiger partial charge is 0.262 e. The van der Waals surface area contributed by atoms with Crippen molar-refractivity contribution in [1.82, 2.24) is 14.9 Å². The Kier molecular flexibility index (Phi) is 7.66. The van der Waals surface area contributed by atoms with Crippen LogP contribution >= 0.6 is 11.8 Å². The summed E-state index contributed by atoms with van der Waals surface area (Å²) < 4.78 is 7.09. The van der Waals surface area contributed by atoms with Gasteiger partial charge < -0.3 is 10.1 Å². The first-order chi connectivity index (χ1) is 12.4. The SMILES string of the molecule is CC(C)OCCCNC(=O)CSc1nc2ccccc2c(=O)n1C(C)C. The van der Waals surface area contributed by atoms with E-state index in [0.29, 0.717) is 29.2 Å². The van der Waals surface area contributed by atoms with Crippen LogP contribution < -0.4 is 10.9 Å². The van der Waals surface area contributed by atoms with Gasteiger partial charge in [0.25, 0.3) is 5.56 Å². The topological polar surface area (TPSA) is 73.2 Å². The van der Waals surface area contributed by atoms with E-state index in [1.165, 1.54) is 11.8 Å². The van der Waals surface area contributed by atoms with Crippen LogP contribution in [0.5, 0.6) is 0 Å². The quantitative estimate of drug-likeness (QED) is 0.413. The van der Waals surface area contributed by atoms with E-state index < -0.39 is 0 Å². The molecule has 2 aromatic rings. The molecule has 0 radical (unpaired) electrons. The summed E-state index contributed by atoms with van der Waals surface area (Å²) in [6, 6.07) is 7.26. The predicted octanol–water partition coefficient (Wildman–Crippen LogP) is 3.00. The molecule has 0 unspecified atom stereocenters. The van der Waals surface area contributed by atoms with Crippen molar-refractivity contribution in [3.63, 3.8) is 0 Å². The Morgan fingerprint density at radius 2 is 2.00 bits per heavy atom. The Morgan fingerprint density at radius 3 is 2.69 bits per heavy atom. The van der Waals surface area contributed by atoms with Crippen LogP contribution in [0, 0.1) is 0 Å². The lowest BCUT2D eigenvalue weighted by Gasteiger charge is -2.16. The number of nitrogens with one attached hydrogen (secondary N) is 1. The largest absolute Gasteiger partial charge is 0.379 e. The Balaban J connectivity index is 2.00. The minimum Gasteiger partial charge on any atom is -0.379 e. The summed E-state index contributed by atoms with van der Waals surface area (Å²) in [5.41, 5.74) is 0.586. The highest BCUT2D eigenvalue weighted by atomic mass is 32.2. The highest BCUT2D eigenvalue weighted by Gasteiger charge is 2.15. The van der Waals surface area contributed by atoms with Gasteiger partial charge in [-0.3, -0.25) is 14.2 Å². The fraction of sp³-hybridized carbons (Fsp3) is 0.526. The summed E-state index contributed by atoms with van der Waals surface area (Å²) >= 11 is 1.29. The maximum absolute atomic E-state index is 12.7. The minimum atomic E-state index is -0.0720. The van der Waals surface area contributed by atoms with E-state index in [0.717, 1.165) is 6.42 Å². The molecular formula is C19H27N3O3S. The number of aromatic nitrogens is 2. The summed E-state index contributed by atoms with van der Waals surface area (Å²) in [4.78, 5) is 29.4. The van der Waals surface area contributed by atoms with E-state index in [1.807, 2.05) is 45.9 Å². The van der Waals surface area contributed by atoms with E-state index in [4.69, 9.17) is 4.74 Å². The molecule has 0 aliphatic carbocycles. The van der Waals surface area contributed by atoms with E-state index >= 15 is 0 Å². The third-order valence-electron chi connectivity index (χ3n) is 3.72. The first-order valence-corrected chi connectivity index (χ1v) is 9.91. The van der Waals surface area contributed by atoms with Crippen LogP contribution in [0.3, 0.4) is 0 Å². The van der Waals surface area contributed by atoms with Crippen LogP contribution in [0.4, 0.5) is 0 Å². The molecule has 0 saturated heterocycles. The molecule has 1 heterocycles. The highest BCUT2D eigenvalue weighted by molar-refractivity contribution is 7.99. The number of hydrogen-bond donors (Lipinski definition) is 1. The third-order valence-corrected chi connectivity index (χ3v) is 4.67. The minimum absolute atomic E-state index is 0.0293. The van der Waals surface area contributed by atoms with Gasteiger partial charge in [0.05, 0.1) is 22.8 Å². The monoisotopic (exact) mass is 377 g/mol. The van der Waals surface area contributed by atoms with Crippen molar-refractivity contribution in [1.29, 1.82) is 0 Å². The fourth-order valence-electron chi connectivity index (χ4n) is 2.48. The summed E-state index contributed by atoms with van der Waals surface area (Å²) in [6.45, 7) is 9.06. The maximum Gasteiger partial charge on any atom is 0.262 e. The molecule has 0 atom stereocenters. The van der Waals surface area contributed by atoms with Gasteiger partial charge in [0, 0.05) is 19.2 Å². The van der Waals surface area contributed by atoms with Crippen molar-refractivity contribution in [2.45, 2.75) is 51.4 Å². The van der Waals surface area contributed by atoms with Crippen LogP contribution in [-0.2, 0) is 9.53 Å². The zero-order valence-electron chi connectivity index (χ0n) is 15.8. The molecule has 0 saturated carbocycles. The van der Waals surface area contributed by atoms with Gasteiger partial charge in [-0.15, -0.1) is 0 Å². The van der Waals surface area contributed by atoms with Gasteiger partial charge in [0.2, 0.25) is 5.91 Å². The predicted molar refractivity (Wildman–Crippen MR) is 106 cm³/mol. The molecule has 0 aliphatic rings. The van der Waals surface area contributed by atoms with E-state index in [9.17, 15) is 9.59 Å². The van der Waals surface area contributed by atoms with Crippen molar-refractivity contribution >= 4 is 28.6 Å². The van der Waals surface area contributed by atoms with Crippen molar-refractivity contribution < 1.29 is 9.53 Å². The van der Waals surface area contributed by atoms with Crippen molar-refractivity contribution in [2.75, 3.05) is 18.9 Å². The molecule has 0 bridgehead atoms. The number of nitrogens with zero attached hydrogens (tertiary/aromatic N) is 2. The number of thioether (sulfide) groups is 1. The van der Waals surface area contributed by atoms with E-state index in [2.05, 4.69) is 10.3 Å². The van der Waals surface area contributed by atoms with Crippen molar-refractivity contribution in [2.24, 2.45) is 0 Å². The molecule has 6 nitrogen and oxygen atoms in total. The van der Waals surface area contributed by atoms with Gasteiger partial charge in [0.1, 0.15) is 0 Å².